The molecule has 1 aliphatic carbocycles. The molecule has 1 N–H and O–H groups in total. The molecule has 1 aliphatic rings. The molecule has 1 atom stereocenters. The Morgan fingerprint density at radius 1 is 1.50 bits per heavy atom. The fourth-order valence-corrected chi connectivity index (χ4v) is 1.95. The third-order valence-electron chi connectivity index (χ3n) is 2.57. The van der Waals surface area contributed by atoms with Crippen molar-refractivity contribution in [3.8, 4) is 0 Å². The quantitative estimate of drug-likeness (QED) is 0.881. The van der Waals surface area contributed by atoms with Gasteiger partial charge in [-0.1, -0.05) is 28.8 Å². The summed E-state index contributed by atoms with van der Waals surface area (Å²) in [6.07, 6.45) is 2.38. The molecule has 1 fully saturated rings. The third kappa shape index (κ3) is 2.34. The minimum atomic E-state index is -0.653. The van der Waals surface area contributed by atoms with Crippen molar-refractivity contribution < 1.29 is 9.50 Å². The lowest BCUT2D eigenvalue weighted by atomic mass is 10.0. The lowest BCUT2D eigenvalue weighted by Gasteiger charge is -2.11. The second kappa shape index (κ2) is 3.99. The molecule has 0 heterocycles. The molecule has 0 amide bonds. The van der Waals surface area contributed by atoms with Gasteiger partial charge in [-0.15, -0.1) is 0 Å². The molecule has 0 aliphatic heterocycles. The molecule has 3 heteroatoms. The summed E-state index contributed by atoms with van der Waals surface area (Å²) in [6, 6.07) is 4.68. The van der Waals surface area contributed by atoms with E-state index in [1.165, 1.54) is 18.9 Å². The first-order valence-corrected chi connectivity index (χ1v) is 5.59. The first kappa shape index (κ1) is 10.1. The van der Waals surface area contributed by atoms with Crippen molar-refractivity contribution in [3.63, 3.8) is 0 Å². The number of hydrogen-bond donors (Lipinski definition) is 1. The molecule has 1 aromatic carbocycles. The van der Waals surface area contributed by atoms with Gasteiger partial charge in [0, 0.05) is 10.0 Å². The summed E-state index contributed by atoms with van der Waals surface area (Å²) in [5.74, 6) is 0.282. The molecule has 1 aromatic rings. The van der Waals surface area contributed by atoms with Gasteiger partial charge >= 0.3 is 0 Å². The van der Waals surface area contributed by atoms with Crippen LogP contribution < -0.4 is 0 Å². The van der Waals surface area contributed by atoms with Crippen molar-refractivity contribution in [2.24, 2.45) is 5.92 Å². The maximum absolute atomic E-state index is 13.3. The number of halogens is 2. The molecule has 0 radical (unpaired) electrons. The molecule has 76 valence electrons. The SMILES string of the molecule is OC(CC1CC1)c1cc(Br)ccc1F. The minimum Gasteiger partial charge on any atom is -0.388 e. The topological polar surface area (TPSA) is 20.2 Å². The maximum Gasteiger partial charge on any atom is 0.129 e. The Labute approximate surface area is 91.1 Å². The van der Waals surface area contributed by atoms with E-state index in [2.05, 4.69) is 15.9 Å². The van der Waals surface area contributed by atoms with Crippen LogP contribution in [0.5, 0.6) is 0 Å². The van der Waals surface area contributed by atoms with Gasteiger partial charge in [0.1, 0.15) is 5.82 Å². The molecule has 1 unspecified atom stereocenters. The zero-order valence-corrected chi connectivity index (χ0v) is 9.30. The Kier molecular flexibility index (Phi) is 2.88. The van der Waals surface area contributed by atoms with E-state index in [-0.39, 0.29) is 5.82 Å². The number of aliphatic hydroxyl groups excluding tert-OH is 1. The summed E-state index contributed by atoms with van der Waals surface area (Å²) >= 11 is 3.27. The zero-order chi connectivity index (χ0) is 10.1. The highest BCUT2D eigenvalue weighted by atomic mass is 79.9. The second-order valence-electron chi connectivity index (χ2n) is 3.86. The first-order valence-electron chi connectivity index (χ1n) is 4.80. The van der Waals surface area contributed by atoms with Gasteiger partial charge in [0.05, 0.1) is 6.10 Å². The summed E-state index contributed by atoms with van der Waals surface area (Å²) < 4.78 is 14.1. The van der Waals surface area contributed by atoms with Crippen molar-refractivity contribution in [1.29, 1.82) is 0 Å². The highest BCUT2D eigenvalue weighted by Gasteiger charge is 2.26. The van der Waals surface area contributed by atoms with Crippen LogP contribution in [0.25, 0.3) is 0 Å². The van der Waals surface area contributed by atoms with Crippen LogP contribution in [-0.2, 0) is 0 Å². The van der Waals surface area contributed by atoms with Crippen LogP contribution in [0.15, 0.2) is 22.7 Å². The number of rotatable bonds is 3. The van der Waals surface area contributed by atoms with E-state index in [1.807, 2.05) is 0 Å². The van der Waals surface area contributed by atoms with E-state index < -0.39 is 6.10 Å². The standard InChI is InChI=1S/C11H12BrFO/c12-8-3-4-10(13)9(6-8)11(14)5-7-1-2-7/h3-4,6-7,11,14H,1-2,5H2. The summed E-state index contributed by atoms with van der Waals surface area (Å²) in [5, 5.41) is 9.78. The maximum atomic E-state index is 13.3. The van der Waals surface area contributed by atoms with E-state index >= 15 is 0 Å². The van der Waals surface area contributed by atoms with Crippen LogP contribution in [0.2, 0.25) is 0 Å². The van der Waals surface area contributed by atoms with Gasteiger partial charge in [-0.2, -0.15) is 0 Å². The van der Waals surface area contributed by atoms with Gasteiger partial charge in [0.2, 0.25) is 0 Å². The highest BCUT2D eigenvalue weighted by molar-refractivity contribution is 9.10. The van der Waals surface area contributed by atoms with Gasteiger partial charge in [-0.3, -0.25) is 0 Å². The summed E-state index contributed by atoms with van der Waals surface area (Å²) in [5.41, 5.74) is 0.409. The fourth-order valence-electron chi connectivity index (χ4n) is 1.57. The Hall–Kier alpha value is -0.410. The van der Waals surface area contributed by atoms with E-state index in [0.717, 1.165) is 4.47 Å². The van der Waals surface area contributed by atoms with Gasteiger partial charge in [0.15, 0.2) is 0 Å². The summed E-state index contributed by atoms with van der Waals surface area (Å²) in [7, 11) is 0. The van der Waals surface area contributed by atoms with Gasteiger partial charge in [0.25, 0.3) is 0 Å². The number of hydrogen-bond acceptors (Lipinski definition) is 1. The molecule has 0 spiro atoms. The van der Waals surface area contributed by atoms with E-state index in [0.29, 0.717) is 17.9 Å². The Bertz CT molecular complexity index is 336. The van der Waals surface area contributed by atoms with Crippen LogP contribution in [0.3, 0.4) is 0 Å². The smallest absolute Gasteiger partial charge is 0.129 e. The molecule has 0 saturated heterocycles. The van der Waals surface area contributed by atoms with Crippen molar-refractivity contribution in [2.75, 3.05) is 0 Å². The van der Waals surface area contributed by atoms with Crippen molar-refractivity contribution in [2.45, 2.75) is 25.4 Å². The average Bonchev–Trinajstić information content (AvgIpc) is 2.93. The van der Waals surface area contributed by atoms with Crippen LogP contribution in [0, 0.1) is 11.7 Å². The molecule has 1 saturated carbocycles. The molecular formula is C11H12BrFO. The lowest BCUT2D eigenvalue weighted by Crippen LogP contribution is -2.01. The van der Waals surface area contributed by atoms with E-state index in [9.17, 15) is 9.50 Å². The molecular weight excluding hydrogens is 247 g/mol. The average molecular weight is 259 g/mol. The largest absolute Gasteiger partial charge is 0.388 e. The molecule has 0 aromatic heterocycles. The van der Waals surface area contributed by atoms with Crippen LogP contribution in [-0.4, -0.2) is 5.11 Å². The van der Waals surface area contributed by atoms with E-state index in [4.69, 9.17) is 0 Å². The molecule has 0 bridgehead atoms. The molecule has 1 nitrogen and oxygen atoms in total. The number of benzene rings is 1. The summed E-state index contributed by atoms with van der Waals surface area (Å²) in [6.45, 7) is 0. The predicted molar refractivity (Wildman–Crippen MR) is 56.4 cm³/mol. The van der Waals surface area contributed by atoms with Crippen LogP contribution >= 0.6 is 15.9 Å². The van der Waals surface area contributed by atoms with Crippen LogP contribution in [0.1, 0.15) is 30.9 Å². The lowest BCUT2D eigenvalue weighted by molar-refractivity contribution is 0.156. The first-order chi connectivity index (χ1) is 6.66. The Morgan fingerprint density at radius 3 is 2.86 bits per heavy atom. The van der Waals surface area contributed by atoms with Crippen molar-refractivity contribution >= 4 is 15.9 Å². The Balaban J connectivity index is 2.15. The monoisotopic (exact) mass is 258 g/mol. The van der Waals surface area contributed by atoms with Gasteiger partial charge < -0.3 is 5.11 Å². The van der Waals surface area contributed by atoms with E-state index in [1.54, 1.807) is 12.1 Å². The van der Waals surface area contributed by atoms with Gasteiger partial charge in [-0.25, -0.2) is 4.39 Å². The van der Waals surface area contributed by atoms with Crippen LogP contribution in [0.4, 0.5) is 4.39 Å². The van der Waals surface area contributed by atoms with Crippen molar-refractivity contribution in [1.82, 2.24) is 0 Å². The van der Waals surface area contributed by atoms with Crippen molar-refractivity contribution in [3.05, 3.63) is 34.1 Å². The second-order valence-corrected chi connectivity index (χ2v) is 4.78. The number of aliphatic hydroxyl groups is 1. The minimum absolute atomic E-state index is 0.318. The Morgan fingerprint density at radius 2 is 2.21 bits per heavy atom. The third-order valence-corrected chi connectivity index (χ3v) is 3.06. The molecule has 2 rings (SSSR count). The van der Waals surface area contributed by atoms with Gasteiger partial charge in [-0.05, 0) is 30.5 Å². The highest BCUT2D eigenvalue weighted by Crippen LogP contribution is 2.38. The summed E-state index contributed by atoms with van der Waals surface area (Å²) in [4.78, 5) is 0. The predicted octanol–water partition coefficient (Wildman–Crippen LogP) is 3.42. The normalized spacial score (nSPS) is 18.2. The fraction of sp³-hybridized carbons (Fsp3) is 0.455. The molecule has 14 heavy (non-hydrogen) atoms. The zero-order valence-electron chi connectivity index (χ0n) is 7.71.